The maximum Gasteiger partial charge on any atom is 0.303 e. The van der Waals surface area contributed by atoms with E-state index in [0.717, 1.165) is 0 Å². The van der Waals surface area contributed by atoms with Crippen LogP contribution in [0.25, 0.3) is 0 Å². The molecule has 1 heterocycles. The molecule has 0 bridgehead atoms. The summed E-state index contributed by atoms with van der Waals surface area (Å²) in [5, 5.41) is 8.16. The number of sulfone groups is 1. The summed E-state index contributed by atoms with van der Waals surface area (Å²) < 4.78 is 35.7. The third-order valence-corrected chi connectivity index (χ3v) is 6.09. The van der Waals surface area contributed by atoms with Gasteiger partial charge < -0.3 is 14.6 Å². The Morgan fingerprint density at radius 2 is 1.83 bits per heavy atom. The standard InChI is InChI=1S/C16H22O6S/c17-16(18)3-1-2-10-22-13-4-6-14(7-5-13)23(19,20)15-8-11-21-12-9-15/h4-7,15H,1-3,8-12H2,(H,17,18). The molecule has 2 rings (SSSR count). The van der Waals surface area contributed by atoms with E-state index in [2.05, 4.69) is 0 Å². The summed E-state index contributed by atoms with van der Waals surface area (Å²) in [4.78, 5) is 10.7. The summed E-state index contributed by atoms with van der Waals surface area (Å²) in [5.74, 6) is -0.223. The number of carbonyl (C=O) groups is 1. The first kappa shape index (κ1) is 17.7. The van der Waals surface area contributed by atoms with Crippen molar-refractivity contribution in [2.24, 2.45) is 0 Å². The minimum Gasteiger partial charge on any atom is -0.494 e. The van der Waals surface area contributed by atoms with Crippen LogP contribution in [0.4, 0.5) is 0 Å². The largest absolute Gasteiger partial charge is 0.494 e. The first-order chi connectivity index (χ1) is 11.0. The van der Waals surface area contributed by atoms with E-state index in [9.17, 15) is 13.2 Å². The van der Waals surface area contributed by atoms with Gasteiger partial charge in [0.05, 0.1) is 16.8 Å². The number of carboxylic acids is 1. The lowest BCUT2D eigenvalue weighted by molar-refractivity contribution is -0.137. The van der Waals surface area contributed by atoms with Crippen LogP contribution in [0.15, 0.2) is 29.2 Å². The van der Waals surface area contributed by atoms with Crippen LogP contribution < -0.4 is 4.74 Å². The molecule has 1 aliphatic rings. The fourth-order valence-electron chi connectivity index (χ4n) is 2.47. The van der Waals surface area contributed by atoms with Crippen LogP contribution in [0.5, 0.6) is 5.75 Å². The van der Waals surface area contributed by atoms with Crippen molar-refractivity contribution in [2.75, 3.05) is 19.8 Å². The van der Waals surface area contributed by atoms with Crippen LogP contribution in [0.2, 0.25) is 0 Å². The summed E-state index contributed by atoms with van der Waals surface area (Å²) >= 11 is 0. The van der Waals surface area contributed by atoms with Crippen molar-refractivity contribution in [3.05, 3.63) is 24.3 Å². The second-order valence-corrected chi connectivity index (χ2v) is 7.76. The second kappa shape index (κ2) is 8.31. The average Bonchev–Trinajstić information content (AvgIpc) is 2.55. The van der Waals surface area contributed by atoms with Crippen LogP contribution in [0.3, 0.4) is 0 Å². The highest BCUT2D eigenvalue weighted by molar-refractivity contribution is 7.92. The molecular formula is C16H22O6S. The van der Waals surface area contributed by atoms with Gasteiger partial charge in [0, 0.05) is 19.6 Å². The molecule has 1 aliphatic heterocycles. The number of carboxylic acid groups (broad SMARTS) is 1. The molecule has 0 saturated carbocycles. The smallest absolute Gasteiger partial charge is 0.303 e. The Morgan fingerprint density at radius 1 is 1.17 bits per heavy atom. The predicted molar refractivity (Wildman–Crippen MR) is 84.5 cm³/mol. The number of unbranched alkanes of at least 4 members (excludes halogenated alkanes) is 1. The zero-order valence-corrected chi connectivity index (χ0v) is 13.8. The molecule has 23 heavy (non-hydrogen) atoms. The molecular weight excluding hydrogens is 320 g/mol. The molecule has 1 N–H and O–H groups in total. The fraction of sp³-hybridized carbons (Fsp3) is 0.562. The van der Waals surface area contributed by atoms with Gasteiger partial charge in [-0.05, 0) is 49.9 Å². The van der Waals surface area contributed by atoms with Gasteiger partial charge in [-0.2, -0.15) is 0 Å². The first-order valence-corrected chi connectivity index (χ1v) is 9.31. The van der Waals surface area contributed by atoms with E-state index in [0.29, 0.717) is 56.1 Å². The molecule has 0 aromatic heterocycles. The molecule has 0 radical (unpaired) electrons. The molecule has 7 heteroatoms. The summed E-state index contributed by atoms with van der Waals surface area (Å²) in [6, 6.07) is 6.42. The molecule has 1 saturated heterocycles. The third kappa shape index (κ3) is 5.21. The normalized spacial score (nSPS) is 16.2. The van der Waals surface area contributed by atoms with Crippen LogP contribution in [0, 0.1) is 0 Å². The van der Waals surface area contributed by atoms with Crippen LogP contribution >= 0.6 is 0 Å². The highest BCUT2D eigenvalue weighted by Crippen LogP contribution is 2.25. The lowest BCUT2D eigenvalue weighted by Crippen LogP contribution is -2.28. The zero-order chi connectivity index (χ0) is 16.7. The van der Waals surface area contributed by atoms with Crippen molar-refractivity contribution in [1.82, 2.24) is 0 Å². The van der Waals surface area contributed by atoms with Gasteiger partial charge in [0.15, 0.2) is 9.84 Å². The average molecular weight is 342 g/mol. The number of rotatable bonds is 8. The molecule has 1 fully saturated rings. The van der Waals surface area contributed by atoms with Crippen molar-refractivity contribution in [1.29, 1.82) is 0 Å². The zero-order valence-electron chi connectivity index (χ0n) is 12.9. The van der Waals surface area contributed by atoms with Crippen LogP contribution in [0.1, 0.15) is 32.1 Å². The van der Waals surface area contributed by atoms with Crippen molar-refractivity contribution >= 4 is 15.8 Å². The summed E-state index contributed by atoms with van der Waals surface area (Å²) in [6.45, 7) is 1.39. The van der Waals surface area contributed by atoms with Gasteiger partial charge in [0.25, 0.3) is 0 Å². The Bertz CT molecular complexity index is 602. The Kier molecular flexibility index (Phi) is 6.41. The Hall–Kier alpha value is -1.60. The van der Waals surface area contributed by atoms with Gasteiger partial charge in [-0.3, -0.25) is 4.79 Å². The summed E-state index contributed by atoms with van der Waals surface area (Å²) in [6.07, 6.45) is 2.40. The van der Waals surface area contributed by atoms with Crippen molar-refractivity contribution < 1.29 is 27.8 Å². The number of benzene rings is 1. The van der Waals surface area contributed by atoms with Gasteiger partial charge in [0.2, 0.25) is 0 Å². The minimum absolute atomic E-state index is 0.131. The van der Waals surface area contributed by atoms with Crippen molar-refractivity contribution in [3.8, 4) is 5.75 Å². The van der Waals surface area contributed by atoms with E-state index in [1.807, 2.05) is 0 Å². The van der Waals surface area contributed by atoms with Crippen LogP contribution in [-0.2, 0) is 19.4 Å². The van der Waals surface area contributed by atoms with Gasteiger partial charge in [-0.25, -0.2) is 8.42 Å². The first-order valence-electron chi connectivity index (χ1n) is 7.76. The minimum atomic E-state index is -3.32. The molecule has 6 nitrogen and oxygen atoms in total. The highest BCUT2D eigenvalue weighted by Gasteiger charge is 2.29. The summed E-state index contributed by atoms with van der Waals surface area (Å²) in [5.41, 5.74) is 0. The van der Waals surface area contributed by atoms with E-state index in [4.69, 9.17) is 14.6 Å². The van der Waals surface area contributed by atoms with E-state index >= 15 is 0 Å². The second-order valence-electron chi connectivity index (χ2n) is 5.53. The molecule has 1 aromatic carbocycles. The SMILES string of the molecule is O=C(O)CCCCOc1ccc(S(=O)(=O)C2CCOCC2)cc1. The Labute approximate surface area is 136 Å². The maximum absolute atomic E-state index is 12.5. The number of ether oxygens (including phenoxy) is 2. The molecule has 128 valence electrons. The molecule has 1 aromatic rings. The number of hydrogen-bond donors (Lipinski definition) is 1. The topological polar surface area (TPSA) is 89.9 Å². The third-order valence-electron chi connectivity index (χ3n) is 3.81. The monoisotopic (exact) mass is 342 g/mol. The number of hydrogen-bond acceptors (Lipinski definition) is 5. The predicted octanol–water partition coefficient (Wildman–Crippen LogP) is 2.27. The lowest BCUT2D eigenvalue weighted by Gasteiger charge is -2.22. The number of aliphatic carboxylic acids is 1. The van der Waals surface area contributed by atoms with E-state index in [1.165, 1.54) is 0 Å². The fourth-order valence-corrected chi connectivity index (χ4v) is 4.19. The highest BCUT2D eigenvalue weighted by atomic mass is 32.2. The Morgan fingerprint density at radius 3 is 2.43 bits per heavy atom. The maximum atomic E-state index is 12.5. The Balaban J connectivity index is 1.87. The van der Waals surface area contributed by atoms with Crippen molar-refractivity contribution in [2.45, 2.75) is 42.2 Å². The molecule has 0 amide bonds. The van der Waals surface area contributed by atoms with Crippen LogP contribution in [-0.4, -0.2) is 44.6 Å². The van der Waals surface area contributed by atoms with Gasteiger partial charge in [-0.1, -0.05) is 0 Å². The van der Waals surface area contributed by atoms with Crippen molar-refractivity contribution in [3.63, 3.8) is 0 Å². The molecule has 0 atom stereocenters. The lowest BCUT2D eigenvalue weighted by atomic mass is 10.2. The molecule has 0 aliphatic carbocycles. The van der Waals surface area contributed by atoms with E-state index in [-0.39, 0.29) is 11.7 Å². The van der Waals surface area contributed by atoms with Gasteiger partial charge in [0.1, 0.15) is 5.75 Å². The molecule has 0 unspecified atom stereocenters. The van der Waals surface area contributed by atoms with Gasteiger partial charge in [-0.15, -0.1) is 0 Å². The van der Waals surface area contributed by atoms with E-state index < -0.39 is 15.8 Å². The quantitative estimate of drug-likeness (QED) is 0.729. The summed E-state index contributed by atoms with van der Waals surface area (Å²) in [7, 11) is -3.32. The molecule has 0 spiro atoms. The van der Waals surface area contributed by atoms with Gasteiger partial charge >= 0.3 is 5.97 Å². The van der Waals surface area contributed by atoms with E-state index in [1.54, 1.807) is 24.3 Å².